The molecule has 0 saturated carbocycles. The van der Waals surface area contributed by atoms with Crippen LogP contribution in [0.3, 0.4) is 0 Å². The van der Waals surface area contributed by atoms with Crippen molar-refractivity contribution in [3.8, 4) is 17.2 Å². The Morgan fingerprint density at radius 1 is 1.38 bits per heavy atom. The monoisotopic (exact) mass is 237 g/mol. The van der Waals surface area contributed by atoms with E-state index in [0.717, 1.165) is 0 Å². The fourth-order valence-corrected chi connectivity index (χ4v) is 0.992. The summed E-state index contributed by atoms with van der Waals surface area (Å²) < 4.78 is 38.9. The van der Waals surface area contributed by atoms with Crippen LogP contribution in [0.2, 0.25) is 0 Å². The highest BCUT2D eigenvalue weighted by Gasteiger charge is 2.33. The van der Waals surface area contributed by atoms with Gasteiger partial charge in [0.1, 0.15) is 11.5 Å². The second kappa shape index (κ2) is 3.80. The SMILES string of the molecule is O=C(O)c1c([O-])cc(O)cc1OC(F)(F)F. The van der Waals surface area contributed by atoms with Gasteiger partial charge in [0.05, 0.1) is 5.56 Å². The Balaban J connectivity index is 3.30. The molecule has 0 aliphatic carbocycles. The van der Waals surface area contributed by atoms with Gasteiger partial charge < -0.3 is 20.1 Å². The minimum absolute atomic E-state index is 0.401. The van der Waals surface area contributed by atoms with Crippen LogP contribution >= 0.6 is 0 Å². The fourth-order valence-electron chi connectivity index (χ4n) is 0.992. The zero-order valence-corrected chi connectivity index (χ0v) is 7.41. The highest BCUT2D eigenvalue weighted by Crippen LogP contribution is 2.34. The van der Waals surface area contributed by atoms with Gasteiger partial charge >= 0.3 is 12.3 Å². The van der Waals surface area contributed by atoms with Crippen molar-refractivity contribution in [2.75, 3.05) is 0 Å². The summed E-state index contributed by atoms with van der Waals surface area (Å²) in [5.41, 5.74) is -1.19. The lowest BCUT2D eigenvalue weighted by atomic mass is 10.1. The second-order valence-corrected chi connectivity index (χ2v) is 2.67. The van der Waals surface area contributed by atoms with Gasteiger partial charge in [0.2, 0.25) is 0 Å². The Morgan fingerprint density at radius 2 is 1.94 bits per heavy atom. The van der Waals surface area contributed by atoms with Crippen molar-refractivity contribution in [2.24, 2.45) is 0 Å². The molecule has 1 aromatic carbocycles. The molecule has 2 N–H and O–H groups in total. The third-order valence-electron chi connectivity index (χ3n) is 1.49. The average Bonchev–Trinajstić information content (AvgIpc) is 1.96. The van der Waals surface area contributed by atoms with E-state index in [9.17, 15) is 23.1 Å². The van der Waals surface area contributed by atoms with E-state index in [-0.39, 0.29) is 0 Å². The van der Waals surface area contributed by atoms with Crippen molar-refractivity contribution in [3.05, 3.63) is 17.7 Å². The van der Waals surface area contributed by atoms with Crippen molar-refractivity contribution in [3.63, 3.8) is 0 Å². The van der Waals surface area contributed by atoms with Gasteiger partial charge in [-0.1, -0.05) is 5.75 Å². The Bertz CT molecular complexity index is 426. The summed E-state index contributed by atoms with van der Waals surface area (Å²) in [5.74, 6) is -5.20. The lowest BCUT2D eigenvalue weighted by molar-refractivity contribution is -0.278. The van der Waals surface area contributed by atoms with Crippen LogP contribution in [0.5, 0.6) is 17.2 Å². The molecule has 0 aromatic heterocycles. The number of rotatable bonds is 2. The molecule has 1 rings (SSSR count). The molecule has 0 amide bonds. The minimum atomic E-state index is -5.15. The van der Waals surface area contributed by atoms with Crippen LogP contribution in [0.4, 0.5) is 13.2 Å². The zero-order chi connectivity index (χ0) is 12.5. The molecule has 16 heavy (non-hydrogen) atoms. The summed E-state index contributed by atoms with van der Waals surface area (Å²) in [6, 6.07) is 0.880. The highest BCUT2D eigenvalue weighted by molar-refractivity contribution is 5.94. The summed E-state index contributed by atoms with van der Waals surface area (Å²) in [5, 5.41) is 28.4. The van der Waals surface area contributed by atoms with Crippen molar-refractivity contribution >= 4 is 5.97 Å². The first-order valence-corrected chi connectivity index (χ1v) is 3.74. The van der Waals surface area contributed by atoms with Gasteiger partial charge in [-0.15, -0.1) is 13.2 Å². The quantitative estimate of drug-likeness (QED) is 0.802. The maximum absolute atomic E-state index is 11.8. The molecule has 0 atom stereocenters. The van der Waals surface area contributed by atoms with Gasteiger partial charge in [0.15, 0.2) is 0 Å². The van der Waals surface area contributed by atoms with Gasteiger partial charge in [-0.25, -0.2) is 4.79 Å². The predicted molar refractivity (Wildman–Crippen MR) is 41.2 cm³/mol. The lowest BCUT2D eigenvalue weighted by Crippen LogP contribution is -2.19. The van der Waals surface area contributed by atoms with E-state index in [1.165, 1.54) is 0 Å². The number of alkyl halides is 3. The molecule has 8 heteroatoms. The lowest BCUT2D eigenvalue weighted by Gasteiger charge is -2.16. The van der Waals surface area contributed by atoms with Gasteiger partial charge in [-0.2, -0.15) is 0 Å². The average molecular weight is 237 g/mol. The third kappa shape index (κ3) is 2.69. The summed E-state index contributed by atoms with van der Waals surface area (Å²) in [6.45, 7) is 0. The first-order chi connectivity index (χ1) is 7.20. The molecule has 0 radical (unpaired) electrons. The van der Waals surface area contributed by atoms with Crippen LogP contribution in [0.1, 0.15) is 10.4 Å². The molecule has 0 unspecified atom stereocenters. The minimum Gasteiger partial charge on any atom is -0.872 e. The molecular formula is C8H4F3O5-. The van der Waals surface area contributed by atoms with E-state index in [1.54, 1.807) is 0 Å². The van der Waals surface area contributed by atoms with E-state index in [1.807, 2.05) is 0 Å². The van der Waals surface area contributed by atoms with E-state index in [0.29, 0.717) is 12.1 Å². The van der Waals surface area contributed by atoms with Crippen molar-refractivity contribution in [1.82, 2.24) is 0 Å². The number of phenols is 1. The predicted octanol–water partition coefficient (Wildman–Crippen LogP) is 1.06. The van der Waals surface area contributed by atoms with Crippen LogP contribution in [0.15, 0.2) is 12.1 Å². The number of phenolic OH excluding ortho intramolecular Hbond substituents is 1. The summed E-state index contributed by atoms with van der Waals surface area (Å²) in [4.78, 5) is 10.5. The van der Waals surface area contributed by atoms with Crippen molar-refractivity contribution in [2.45, 2.75) is 6.36 Å². The second-order valence-electron chi connectivity index (χ2n) is 2.67. The molecule has 5 nitrogen and oxygen atoms in total. The van der Waals surface area contributed by atoms with Crippen LogP contribution < -0.4 is 9.84 Å². The first-order valence-electron chi connectivity index (χ1n) is 3.74. The Kier molecular flexibility index (Phi) is 2.84. The number of aromatic hydroxyl groups is 1. The molecule has 0 aliphatic heterocycles. The normalized spacial score (nSPS) is 11.2. The van der Waals surface area contributed by atoms with Crippen molar-refractivity contribution in [1.29, 1.82) is 0 Å². The van der Waals surface area contributed by atoms with E-state index >= 15 is 0 Å². The third-order valence-corrected chi connectivity index (χ3v) is 1.49. The van der Waals surface area contributed by atoms with E-state index in [4.69, 9.17) is 10.2 Å². The zero-order valence-electron chi connectivity index (χ0n) is 7.41. The molecule has 1 aromatic rings. The number of aromatic carboxylic acids is 1. The number of ether oxygens (including phenoxy) is 1. The van der Waals surface area contributed by atoms with Crippen LogP contribution in [0, 0.1) is 0 Å². The molecule has 0 aliphatic rings. The maximum Gasteiger partial charge on any atom is 0.573 e. The molecule has 88 valence electrons. The molecule has 0 spiro atoms. The first kappa shape index (κ1) is 12.0. The largest absolute Gasteiger partial charge is 0.872 e. The molecule has 0 heterocycles. The van der Waals surface area contributed by atoms with E-state index < -0.39 is 35.1 Å². The number of benzene rings is 1. The number of hydrogen-bond acceptors (Lipinski definition) is 4. The Hall–Kier alpha value is -2.12. The Labute approximate surface area is 86.3 Å². The smallest absolute Gasteiger partial charge is 0.573 e. The fraction of sp³-hybridized carbons (Fsp3) is 0.125. The summed E-state index contributed by atoms with van der Waals surface area (Å²) >= 11 is 0. The van der Waals surface area contributed by atoms with Gasteiger partial charge in [0, 0.05) is 6.07 Å². The molecular weight excluding hydrogens is 233 g/mol. The summed E-state index contributed by atoms with van der Waals surface area (Å²) in [7, 11) is 0. The van der Waals surface area contributed by atoms with E-state index in [2.05, 4.69) is 4.74 Å². The standard InChI is InChI=1S/C8H5F3O5/c9-8(10,11)16-5-2-3(12)1-4(13)6(5)7(14)15/h1-2,12-13H,(H,14,15)/p-1. The summed E-state index contributed by atoms with van der Waals surface area (Å²) in [6.07, 6.45) is -5.15. The topological polar surface area (TPSA) is 89.8 Å². The Morgan fingerprint density at radius 3 is 2.38 bits per heavy atom. The number of carboxylic acids is 1. The maximum atomic E-state index is 11.8. The molecule has 0 bridgehead atoms. The van der Waals surface area contributed by atoms with Gasteiger partial charge in [-0.3, -0.25) is 0 Å². The van der Waals surface area contributed by atoms with Gasteiger partial charge in [-0.05, 0) is 6.07 Å². The van der Waals surface area contributed by atoms with Crippen molar-refractivity contribution < 1.29 is 38.0 Å². The molecule has 0 saturated heterocycles. The number of carboxylic acid groups (broad SMARTS) is 1. The number of carbonyl (C=O) groups is 1. The van der Waals surface area contributed by atoms with Crippen LogP contribution in [-0.4, -0.2) is 22.5 Å². The number of halogens is 3. The number of hydrogen-bond donors (Lipinski definition) is 2. The van der Waals surface area contributed by atoms with Crippen LogP contribution in [-0.2, 0) is 0 Å². The van der Waals surface area contributed by atoms with Crippen LogP contribution in [0.25, 0.3) is 0 Å². The molecule has 0 fully saturated rings. The van der Waals surface area contributed by atoms with Gasteiger partial charge in [0.25, 0.3) is 0 Å². The highest BCUT2D eigenvalue weighted by atomic mass is 19.4.